The minimum atomic E-state index is -3.46. The van der Waals surface area contributed by atoms with Crippen LogP contribution in [0.5, 0.6) is 0 Å². The van der Waals surface area contributed by atoms with E-state index in [4.69, 9.17) is 16.6 Å². The molecule has 1 aromatic heterocycles. The van der Waals surface area contributed by atoms with Crippen LogP contribution in [0.3, 0.4) is 0 Å². The van der Waals surface area contributed by atoms with Crippen molar-refractivity contribution < 1.29 is 8.42 Å². The van der Waals surface area contributed by atoms with Gasteiger partial charge in [-0.15, -0.1) is 11.3 Å². The maximum atomic E-state index is 13.1. The first kappa shape index (κ1) is 21.8. The van der Waals surface area contributed by atoms with E-state index in [0.717, 1.165) is 27.3 Å². The molecule has 0 amide bonds. The Bertz CT molecular complexity index is 1140. The van der Waals surface area contributed by atoms with Gasteiger partial charge in [0.25, 0.3) is 0 Å². The third-order valence-corrected chi connectivity index (χ3v) is 9.64. The summed E-state index contributed by atoms with van der Waals surface area (Å²) >= 11 is 11.1. The molecule has 30 heavy (non-hydrogen) atoms. The molecule has 4 nitrogen and oxygen atoms in total. The summed E-state index contributed by atoms with van der Waals surface area (Å²) in [6, 6.07) is 13.4. The number of benzene rings is 2. The monoisotopic (exact) mass is 524 g/mol. The summed E-state index contributed by atoms with van der Waals surface area (Å²) in [6.07, 6.45) is 2.15. The molecule has 2 aromatic carbocycles. The van der Waals surface area contributed by atoms with Gasteiger partial charge in [-0.2, -0.15) is 0 Å². The molecule has 8 heteroatoms. The highest BCUT2D eigenvalue weighted by atomic mass is 79.9. The lowest BCUT2D eigenvalue weighted by Gasteiger charge is -2.31. The maximum Gasteiger partial charge on any atom is 0.185 e. The quantitative estimate of drug-likeness (QED) is 0.396. The number of nitrogens with zero attached hydrogens (tertiary/aromatic N) is 2. The summed E-state index contributed by atoms with van der Waals surface area (Å²) < 4.78 is 26.9. The van der Waals surface area contributed by atoms with Gasteiger partial charge in [-0.1, -0.05) is 58.7 Å². The first-order valence-corrected chi connectivity index (χ1v) is 13.5. The summed E-state index contributed by atoms with van der Waals surface area (Å²) in [5, 5.41) is 2.86. The Morgan fingerprint density at radius 2 is 1.87 bits per heavy atom. The molecule has 0 N–H and O–H groups in total. The summed E-state index contributed by atoms with van der Waals surface area (Å²) in [5.74, 6) is 0. The predicted molar refractivity (Wildman–Crippen MR) is 129 cm³/mol. The summed E-state index contributed by atoms with van der Waals surface area (Å²) in [4.78, 5) is 7.20. The Morgan fingerprint density at radius 3 is 2.50 bits per heavy atom. The molecular formula is C22H22BrClN2O2S2. The Kier molecular flexibility index (Phi) is 6.53. The molecule has 0 radical (unpaired) electrons. The van der Waals surface area contributed by atoms with E-state index in [1.165, 1.54) is 5.56 Å². The van der Waals surface area contributed by atoms with Gasteiger partial charge in [0, 0.05) is 28.5 Å². The molecule has 0 bridgehead atoms. The minimum Gasteiger partial charge on any atom is -0.348 e. The number of thiazole rings is 1. The lowest BCUT2D eigenvalue weighted by Crippen LogP contribution is -2.39. The first-order chi connectivity index (χ1) is 14.4. The van der Waals surface area contributed by atoms with Crippen molar-refractivity contribution in [1.82, 2.24) is 4.98 Å². The van der Waals surface area contributed by atoms with Crippen molar-refractivity contribution >= 4 is 53.8 Å². The van der Waals surface area contributed by atoms with Crippen molar-refractivity contribution in [2.24, 2.45) is 0 Å². The summed E-state index contributed by atoms with van der Waals surface area (Å²) in [7, 11) is -3.46. The molecule has 158 valence electrons. The van der Waals surface area contributed by atoms with E-state index >= 15 is 0 Å². The average Bonchev–Trinajstić information content (AvgIpc) is 3.24. The number of piperidine rings is 1. The van der Waals surface area contributed by atoms with Crippen molar-refractivity contribution in [2.75, 3.05) is 18.0 Å². The highest BCUT2D eigenvalue weighted by Crippen LogP contribution is 2.34. The lowest BCUT2D eigenvalue weighted by atomic mass is 10.1. The van der Waals surface area contributed by atoms with Gasteiger partial charge in [-0.3, -0.25) is 0 Å². The van der Waals surface area contributed by atoms with Crippen LogP contribution in [-0.4, -0.2) is 31.7 Å². The van der Waals surface area contributed by atoms with Crippen LogP contribution in [0, 0.1) is 0 Å². The van der Waals surface area contributed by atoms with Crippen LogP contribution in [0.4, 0.5) is 5.13 Å². The Balaban J connectivity index is 1.45. The number of aryl methyl sites for hydroxylation is 1. The number of anilines is 1. The number of hydrogen-bond acceptors (Lipinski definition) is 5. The minimum absolute atomic E-state index is 0.220. The Labute approximate surface area is 195 Å². The zero-order valence-corrected chi connectivity index (χ0v) is 20.5. The van der Waals surface area contributed by atoms with Gasteiger partial charge in [0.05, 0.1) is 20.9 Å². The fourth-order valence-corrected chi connectivity index (χ4v) is 7.36. The van der Waals surface area contributed by atoms with E-state index < -0.39 is 15.1 Å². The predicted octanol–water partition coefficient (Wildman–Crippen LogP) is 6.23. The van der Waals surface area contributed by atoms with E-state index in [0.29, 0.717) is 25.9 Å². The molecule has 3 aromatic rings. The number of hydrogen-bond donors (Lipinski definition) is 0. The van der Waals surface area contributed by atoms with Crippen LogP contribution in [0.25, 0.3) is 11.3 Å². The standard InChI is InChI=1S/C22H22BrClN2O2S2/c1-2-15-3-5-16(6-4-15)20-14-29-22(25-20)26-11-9-18(10-12-26)30(27,28)21-8-7-17(23)13-19(21)24/h3-8,13-14,18H,2,9-12H2,1H3. The molecule has 0 atom stereocenters. The van der Waals surface area contributed by atoms with Crippen LogP contribution < -0.4 is 4.90 Å². The summed E-state index contributed by atoms with van der Waals surface area (Å²) in [5.41, 5.74) is 3.38. The zero-order chi connectivity index (χ0) is 21.3. The summed E-state index contributed by atoms with van der Waals surface area (Å²) in [6.45, 7) is 3.48. The molecule has 0 aliphatic carbocycles. The number of halogens is 2. The first-order valence-electron chi connectivity index (χ1n) is 9.87. The number of sulfone groups is 1. The molecule has 1 aliphatic heterocycles. The van der Waals surface area contributed by atoms with E-state index in [-0.39, 0.29) is 9.92 Å². The molecule has 1 saturated heterocycles. The van der Waals surface area contributed by atoms with Gasteiger partial charge < -0.3 is 4.90 Å². The molecular weight excluding hydrogens is 504 g/mol. The van der Waals surface area contributed by atoms with Crippen LogP contribution >= 0.6 is 38.9 Å². The van der Waals surface area contributed by atoms with Crippen LogP contribution in [0.2, 0.25) is 5.02 Å². The van der Waals surface area contributed by atoms with Crippen LogP contribution in [-0.2, 0) is 16.3 Å². The van der Waals surface area contributed by atoms with Crippen LogP contribution in [0.1, 0.15) is 25.3 Å². The highest BCUT2D eigenvalue weighted by Gasteiger charge is 2.33. The Hall–Kier alpha value is -1.41. The van der Waals surface area contributed by atoms with Gasteiger partial charge in [0.1, 0.15) is 0 Å². The fraction of sp³-hybridized carbons (Fsp3) is 0.318. The molecule has 1 fully saturated rings. The highest BCUT2D eigenvalue weighted by molar-refractivity contribution is 9.10. The number of aromatic nitrogens is 1. The molecule has 0 saturated carbocycles. The second-order valence-electron chi connectivity index (χ2n) is 7.37. The smallest absolute Gasteiger partial charge is 0.185 e. The van der Waals surface area contributed by atoms with Gasteiger partial charge >= 0.3 is 0 Å². The average molecular weight is 526 g/mol. The molecule has 1 aliphatic rings. The van der Waals surface area contributed by atoms with Crippen LogP contribution in [0.15, 0.2) is 57.2 Å². The zero-order valence-electron chi connectivity index (χ0n) is 16.5. The lowest BCUT2D eigenvalue weighted by molar-refractivity contribution is 0.529. The third kappa shape index (κ3) is 4.44. The second kappa shape index (κ2) is 8.99. The van der Waals surface area contributed by atoms with Crippen molar-refractivity contribution in [3.63, 3.8) is 0 Å². The fourth-order valence-electron chi connectivity index (χ4n) is 3.70. The molecule has 0 unspecified atom stereocenters. The largest absolute Gasteiger partial charge is 0.348 e. The van der Waals surface area contributed by atoms with E-state index in [9.17, 15) is 8.42 Å². The molecule has 2 heterocycles. The van der Waals surface area contributed by atoms with E-state index in [1.54, 1.807) is 29.5 Å². The normalized spacial score (nSPS) is 15.5. The van der Waals surface area contributed by atoms with Crippen molar-refractivity contribution in [1.29, 1.82) is 0 Å². The molecule has 0 spiro atoms. The topological polar surface area (TPSA) is 50.3 Å². The third-order valence-electron chi connectivity index (χ3n) is 5.50. The van der Waals surface area contributed by atoms with Crippen molar-refractivity contribution in [3.05, 3.63) is 62.9 Å². The maximum absolute atomic E-state index is 13.1. The SMILES string of the molecule is CCc1ccc(-c2csc(N3CCC(S(=O)(=O)c4ccc(Br)cc4Cl)CC3)n2)cc1. The van der Waals surface area contributed by atoms with Gasteiger partial charge in [-0.05, 0) is 43.0 Å². The molecule has 4 rings (SSSR count). The van der Waals surface area contributed by atoms with Gasteiger partial charge in [0.2, 0.25) is 0 Å². The van der Waals surface area contributed by atoms with Gasteiger partial charge in [0.15, 0.2) is 15.0 Å². The van der Waals surface area contributed by atoms with E-state index in [2.05, 4.69) is 57.4 Å². The number of rotatable bonds is 5. The van der Waals surface area contributed by atoms with Crippen molar-refractivity contribution in [3.8, 4) is 11.3 Å². The second-order valence-corrected chi connectivity index (χ2v) is 11.7. The van der Waals surface area contributed by atoms with Gasteiger partial charge in [-0.25, -0.2) is 13.4 Å². The van der Waals surface area contributed by atoms with Crippen molar-refractivity contribution in [2.45, 2.75) is 36.3 Å². The Morgan fingerprint density at radius 1 is 1.17 bits per heavy atom. The van der Waals surface area contributed by atoms with E-state index in [1.807, 2.05) is 0 Å².